The third kappa shape index (κ3) is 4.61. The summed E-state index contributed by atoms with van der Waals surface area (Å²) in [6, 6.07) is 10.4. The molecule has 0 fully saturated rings. The maximum Gasteiger partial charge on any atom is 0.123 e. The first-order chi connectivity index (χ1) is 10.2. The quantitative estimate of drug-likeness (QED) is 0.707. The molecule has 0 aliphatic rings. The van der Waals surface area contributed by atoms with E-state index in [1.165, 1.54) is 11.3 Å². The zero-order valence-corrected chi connectivity index (χ0v) is 14.3. The van der Waals surface area contributed by atoms with E-state index in [9.17, 15) is 0 Å². The van der Waals surface area contributed by atoms with Crippen molar-refractivity contribution < 1.29 is 4.42 Å². The molecule has 0 unspecified atom stereocenters. The molecular weight excluding hydrogens is 328 g/mol. The first kappa shape index (κ1) is 16.1. The van der Waals surface area contributed by atoms with E-state index in [2.05, 4.69) is 58.2 Å². The summed E-state index contributed by atoms with van der Waals surface area (Å²) in [4.78, 5) is 2.34. The smallest absolute Gasteiger partial charge is 0.123 e. The van der Waals surface area contributed by atoms with Crippen LogP contribution in [0.5, 0.6) is 0 Å². The lowest BCUT2D eigenvalue weighted by Gasteiger charge is -2.25. The van der Waals surface area contributed by atoms with Gasteiger partial charge in [0.1, 0.15) is 5.76 Å². The topological polar surface area (TPSA) is 28.4 Å². The summed E-state index contributed by atoms with van der Waals surface area (Å²) in [5.41, 5.74) is 2.58. The van der Waals surface area contributed by atoms with E-state index < -0.39 is 0 Å². The SMILES string of the molecule is CCCNCc1ccc(Br)cc1N(CC)Cc1ccco1. The minimum absolute atomic E-state index is 0.792. The van der Waals surface area contributed by atoms with Crippen LogP contribution in [0.15, 0.2) is 45.5 Å². The third-order valence-corrected chi connectivity index (χ3v) is 3.93. The van der Waals surface area contributed by atoms with Gasteiger partial charge >= 0.3 is 0 Å². The summed E-state index contributed by atoms with van der Waals surface area (Å²) < 4.78 is 6.59. The van der Waals surface area contributed by atoms with Crippen LogP contribution in [0.2, 0.25) is 0 Å². The van der Waals surface area contributed by atoms with Crippen molar-refractivity contribution in [3.05, 3.63) is 52.4 Å². The van der Waals surface area contributed by atoms with Crippen LogP contribution in [0.3, 0.4) is 0 Å². The van der Waals surface area contributed by atoms with E-state index in [0.717, 1.165) is 42.8 Å². The lowest BCUT2D eigenvalue weighted by Crippen LogP contribution is -2.24. The van der Waals surface area contributed by atoms with E-state index in [0.29, 0.717) is 0 Å². The van der Waals surface area contributed by atoms with Gasteiger partial charge in [0.05, 0.1) is 12.8 Å². The average molecular weight is 351 g/mol. The van der Waals surface area contributed by atoms with Gasteiger partial charge in [0.25, 0.3) is 0 Å². The Morgan fingerprint density at radius 3 is 2.76 bits per heavy atom. The molecule has 0 spiro atoms. The molecule has 0 atom stereocenters. The second-order valence-corrected chi connectivity index (χ2v) is 5.96. The predicted octanol–water partition coefficient (Wildman–Crippen LogP) is 4.57. The molecule has 1 heterocycles. The van der Waals surface area contributed by atoms with Gasteiger partial charge in [-0.25, -0.2) is 0 Å². The van der Waals surface area contributed by atoms with Crippen molar-refractivity contribution in [1.82, 2.24) is 5.32 Å². The summed E-state index contributed by atoms with van der Waals surface area (Å²) in [5, 5.41) is 3.48. The summed E-state index contributed by atoms with van der Waals surface area (Å²) in [6.45, 7) is 8.03. The highest BCUT2D eigenvalue weighted by molar-refractivity contribution is 9.10. The standard InChI is InChI=1S/C17H23BrN2O/c1-3-9-19-12-14-7-8-15(18)11-17(14)20(4-2)13-16-6-5-10-21-16/h5-8,10-11,19H,3-4,9,12-13H2,1-2H3. The fourth-order valence-corrected chi connectivity index (χ4v) is 2.69. The highest BCUT2D eigenvalue weighted by atomic mass is 79.9. The van der Waals surface area contributed by atoms with Crippen molar-refractivity contribution in [3.8, 4) is 0 Å². The average Bonchev–Trinajstić information content (AvgIpc) is 2.99. The number of rotatable bonds is 8. The van der Waals surface area contributed by atoms with Crippen molar-refractivity contribution in [2.45, 2.75) is 33.4 Å². The van der Waals surface area contributed by atoms with Gasteiger partial charge in [0.15, 0.2) is 0 Å². The number of benzene rings is 1. The molecule has 0 amide bonds. The molecule has 0 aliphatic carbocycles. The van der Waals surface area contributed by atoms with E-state index >= 15 is 0 Å². The van der Waals surface area contributed by atoms with E-state index in [4.69, 9.17) is 4.42 Å². The lowest BCUT2D eigenvalue weighted by molar-refractivity contribution is 0.503. The van der Waals surface area contributed by atoms with E-state index in [1.807, 2.05) is 12.1 Å². The van der Waals surface area contributed by atoms with Crippen molar-refractivity contribution in [2.75, 3.05) is 18.0 Å². The van der Waals surface area contributed by atoms with Crippen LogP contribution in [0, 0.1) is 0 Å². The lowest BCUT2D eigenvalue weighted by atomic mass is 10.1. The molecule has 0 saturated carbocycles. The van der Waals surface area contributed by atoms with Gasteiger partial charge in [-0.1, -0.05) is 28.9 Å². The van der Waals surface area contributed by atoms with Gasteiger partial charge in [-0.15, -0.1) is 0 Å². The summed E-state index contributed by atoms with van der Waals surface area (Å²) in [7, 11) is 0. The fraction of sp³-hybridized carbons (Fsp3) is 0.412. The Morgan fingerprint density at radius 1 is 1.24 bits per heavy atom. The normalized spacial score (nSPS) is 10.8. The molecule has 3 nitrogen and oxygen atoms in total. The van der Waals surface area contributed by atoms with Gasteiger partial charge in [-0.3, -0.25) is 0 Å². The van der Waals surface area contributed by atoms with Gasteiger partial charge in [-0.2, -0.15) is 0 Å². The maximum atomic E-state index is 5.49. The summed E-state index contributed by atoms with van der Waals surface area (Å²) >= 11 is 3.58. The minimum atomic E-state index is 0.792. The second kappa shape index (κ2) is 8.25. The Morgan fingerprint density at radius 2 is 2.10 bits per heavy atom. The molecule has 0 bridgehead atoms. The monoisotopic (exact) mass is 350 g/mol. The predicted molar refractivity (Wildman–Crippen MR) is 91.6 cm³/mol. The van der Waals surface area contributed by atoms with Gasteiger partial charge in [0, 0.05) is 23.2 Å². The number of nitrogens with zero attached hydrogens (tertiary/aromatic N) is 1. The van der Waals surface area contributed by atoms with Crippen LogP contribution < -0.4 is 10.2 Å². The Balaban J connectivity index is 2.19. The number of hydrogen-bond donors (Lipinski definition) is 1. The molecule has 0 saturated heterocycles. The van der Waals surface area contributed by atoms with Crippen LogP contribution in [-0.4, -0.2) is 13.1 Å². The van der Waals surface area contributed by atoms with Crippen LogP contribution in [0.1, 0.15) is 31.6 Å². The fourth-order valence-electron chi connectivity index (χ4n) is 2.34. The first-order valence-electron chi connectivity index (χ1n) is 7.51. The highest BCUT2D eigenvalue weighted by Gasteiger charge is 2.12. The van der Waals surface area contributed by atoms with Crippen LogP contribution in [0.4, 0.5) is 5.69 Å². The molecular formula is C17H23BrN2O. The first-order valence-corrected chi connectivity index (χ1v) is 8.30. The van der Waals surface area contributed by atoms with Gasteiger partial charge in [-0.05, 0) is 49.7 Å². The molecule has 4 heteroatoms. The zero-order valence-electron chi connectivity index (χ0n) is 12.7. The van der Waals surface area contributed by atoms with Crippen molar-refractivity contribution in [3.63, 3.8) is 0 Å². The number of anilines is 1. The molecule has 1 N–H and O–H groups in total. The third-order valence-electron chi connectivity index (χ3n) is 3.44. The van der Waals surface area contributed by atoms with Crippen molar-refractivity contribution >= 4 is 21.6 Å². The van der Waals surface area contributed by atoms with Crippen LogP contribution in [-0.2, 0) is 13.1 Å². The molecule has 114 valence electrons. The molecule has 1 aromatic carbocycles. The zero-order chi connectivity index (χ0) is 15.1. The highest BCUT2D eigenvalue weighted by Crippen LogP contribution is 2.26. The largest absolute Gasteiger partial charge is 0.467 e. The second-order valence-electron chi connectivity index (χ2n) is 5.04. The Hall–Kier alpha value is -1.26. The van der Waals surface area contributed by atoms with E-state index in [1.54, 1.807) is 6.26 Å². The van der Waals surface area contributed by atoms with Crippen LogP contribution in [0.25, 0.3) is 0 Å². The number of halogens is 1. The summed E-state index contributed by atoms with van der Waals surface area (Å²) in [5.74, 6) is 0.990. The molecule has 21 heavy (non-hydrogen) atoms. The molecule has 2 aromatic rings. The number of hydrogen-bond acceptors (Lipinski definition) is 3. The molecule has 1 aromatic heterocycles. The van der Waals surface area contributed by atoms with Gasteiger partial charge < -0.3 is 14.6 Å². The summed E-state index contributed by atoms with van der Waals surface area (Å²) in [6.07, 6.45) is 2.88. The molecule has 0 aliphatic heterocycles. The Bertz CT molecular complexity index is 540. The van der Waals surface area contributed by atoms with Crippen molar-refractivity contribution in [1.29, 1.82) is 0 Å². The Labute approximate surface area is 135 Å². The van der Waals surface area contributed by atoms with E-state index in [-0.39, 0.29) is 0 Å². The molecule has 2 rings (SSSR count). The number of furan rings is 1. The Kier molecular flexibility index (Phi) is 6.33. The molecule has 0 radical (unpaired) electrons. The minimum Gasteiger partial charge on any atom is -0.467 e. The van der Waals surface area contributed by atoms with Crippen molar-refractivity contribution in [2.24, 2.45) is 0 Å². The van der Waals surface area contributed by atoms with Gasteiger partial charge in [0.2, 0.25) is 0 Å². The number of nitrogens with one attached hydrogen (secondary N) is 1. The maximum absolute atomic E-state index is 5.49. The van der Waals surface area contributed by atoms with Crippen LogP contribution >= 0.6 is 15.9 Å².